The number of carboxylic acid groups (broad SMARTS) is 1. The van der Waals surface area contributed by atoms with Crippen molar-refractivity contribution in [3.63, 3.8) is 0 Å². The number of hydrogen-bond donors (Lipinski definition) is 1. The van der Waals surface area contributed by atoms with Crippen molar-refractivity contribution in [3.8, 4) is 0 Å². The third kappa shape index (κ3) is 4.74. The number of thiocarbonyl (C=S) groups is 1. The summed E-state index contributed by atoms with van der Waals surface area (Å²) in [6.07, 6.45) is 2.76. The first-order valence-electron chi connectivity index (χ1n) is 7.66. The fraction of sp³-hybridized carbons (Fsp3) is 0.143. The predicted octanol–water partition coefficient (Wildman–Crippen LogP) is 5.43. The summed E-state index contributed by atoms with van der Waals surface area (Å²) in [5.74, 6) is -0.913. The zero-order valence-corrected chi connectivity index (χ0v) is 14.7. The molecule has 0 saturated heterocycles. The molecule has 24 heavy (non-hydrogen) atoms. The van der Waals surface area contributed by atoms with Gasteiger partial charge in [-0.15, -0.1) is 0 Å². The maximum absolute atomic E-state index is 10.9. The zero-order valence-electron chi connectivity index (χ0n) is 13.9. The van der Waals surface area contributed by atoms with Crippen LogP contribution in [0.5, 0.6) is 0 Å². The second-order valence-electron chi connectivity index (χ2n) is 5.84. The van der Waals surface area contributed by atoms with Gasteiger partial charge in [-0.2, -0.15) is 0 Å². The minimum atomic E-state index is -0.913. The fourth-order valence-corrected chi connectivity index (χ4v) is 2.48. The molecule has 0 saturated carbocycles. The Morgan fingerprint density at radius 2 is 1.79 bits per heavy atom. The van der Waals surface area contributed by atoms with E-state index in [0.717, 1.165) is 39.1 Å². The smallest absolute Gasteiger partial charge is 0.335 e. The van der Waals surface area contributed by atoms with Crippen LogP contribution < -0.4 is 0 Å². The Morgan fingerprint density at radius 3 is 2.38 bits per heavy atom. The Kier molecular flexibility index (Phi) is 5.83. The summed E-state index contributed by atoms with van der Waals surface area (Å²) in [6.45, 7) is 7.86. The van der Waals surface area contributed by atoms with Crippen molar-refractivity contribution in [2.24, 2.45) is 0 Å². The SMILES string of the molecule is C=C(C)C(=S)Cc1cccc(C(C)=Cc2ccc(C(=O)O)cc2)c1. The van der Waals surface area contributed by atoms with Crippen LogP contribution >= 0.6 is 12.2 Å². The Hall–Kier alpha value is -2.52. The highest BCUT2D eigenvalue weighted by atomic mass is 32.1. The summed E-state index contributed by atoms with van der Waals surface area (Å²) >= 11 is 5.34. The summed E-state index contributed by atoms with van der Waals surface area (Å²) in [5, 5.41) is 8.94. The number of allylic oxidation sites excluding steroid dienone is 2. The van der Waals surface area contributed by atoms with Crippen LogP contribution in [0.15, 0.2) is 60.7 Å². The lowest BCUT2D eigenvalue weighted by molar-refractivity contribution is 0.0697. The van der Waals surface area contributed by atoms with E-state index >= 15 is 0 Å². The summed E-state index contributed by atoms with van der Waals surface area (Å²) in [6, 6.07) is 15.1. The van der Waals surface area contributed by atoms with E-state index < -0.39 is 5.97 Å². The van der Waals surface area contributed by atoms with E-state index in [2.05, 4.69) is 24.8 Å². The molecule has 0 unspecified atom stereocenters. The lowest BCUT2D eigenvalue weighted by Crippen LogP contribution is -2.00. The van der Waals surface area contributed by atoms with Gasteiger partial charge in [0, 0.05) is 11.3 Å². The first kappa shape index (κ1) is 17.8. The van der Waals surface area contributed by atoms with Crippen molar-refractivity contribution in [2.45, 2.75) is 20.3 Å². The van der Waals surface area contributed by atoms with Gasteiger partial charge in [0.25, 0.3) is 0 Å². The average Bonchev–Trinajstić information content (AvgIpc) is 2.55. The van der Waals surface area contributed by atoms with Gasteiger partial charge >= 0.3 is 5.97 Å². The van der Waals surface area contributed by atoms with E-state index in [-0.39, 0.29) is 0 Å². The Morgan fingerprint density at radius 1 is 1.12 bits per heavy atom. The lowest BCUT2D eigenvalue weighted by Gasteiger charge is -2.07. The first-order chi connectivity index (χ1) is 11.4. The molecule has 0 spiro atoms. The van der Waals surface area contributed by atoms with Gasteiger partial charge in [0.1, 0.15) is 0 Å². The molecule has 0 aliphatic heterocycles. The predicted molar refractivity (Wildman–Crippen MR) is 105 cm³/mol. The zero-order chi connectivity index (χ0) is 17.7. The molecule has 0 bridgehead atoms. The van der Waals surface area contributed by atoms with Gasteiger partial charge in [-0.3, -0.25) is 0 Å². The molecular weight excluding hydrogens is 316 g/mol. The number of rotatable bonds is 6. The van der Waals surface area contributed by atoms with Crippen LogP contribution in [-0.4, -0.2) is 15.9 Å². The largest absolute Gasteiger partial charge is 0.478 e. The van der Waals surface area contributed by atoms with Crippen LogP contribution in [-0.2, 0) is 6.42 Å². The Labute approximate surface area is 148 Å². The van der Waals surface area contributed by atoms with Crippen LogP contribution in [0.2, 0.25) is 0 Å². The van der Waals surface area contributed by atoms with E-state index in [0.29, 0.717) is 5.56 Å². The molecule has 0 aromatic heterocycles. The number of carbonyl (C=O) groups is 1. The maximum atomic E-state index is 10.9. The summed E-state index contributed by atoms with van der Waals surface area (Å²) < 4.78 is 0. The van der Waals surface area contributed by atoms with Crippen LogP contribution in [0.4, 0.5) is 0 Å². The topological polar surface area (TPSA) is 37.3 Å². The highest BCUT2D eigenvalue weighted by Crippen LogP contribution is 2.20. The Bertz CT molecular complexity index is 814. The van der Waals surface area contributed by atoms with Crippen molar-refractivity contribution in [1.29, 1.82) is 0 Å². The minimum Gasteiger partial charge on any atom is -0.478 e. The molecule has 1 N–H and O–H groups in total. The van der Waals surface area contributed by atoms with Crippen LogP contribution in [0.3, 0.4) is 0 Å². The number of hydrogen-bond acceptors (Lipinski definition) is 2. The number of aromatic carboxylic acids is 1. The van der Waals surface area contributed by atoms with Crippen LogP contribution in [0.25, 0.3) is 11.6 Å². The summed E-state index contributed by atoms with van der Waals surface area (Å²) in [7, 11) is 0. The Balaban J connectivity index is 2.22. The molecular formula is C21H20O2S. The van der Waals surface area contributed by atoms with Crippen molar-refractivity contribution >= 4 is 34.7 Å². The molecule has 0 heterocycles. The first-order valence-corrected chi connectivity index (χ1v) is 8.07. The van der Waals surface area contributed by atoms with Gasteiger partial charge in [-0.1, -0.05) is 61.3 Å². The standard InChI is InChI=1S/C21H20O2S/c1-14(2)20(24)13-17-5-4-6-19(12-17)15(3)11-16-7-9-18(10-8-16)21(22)23/h4-12H,1,13H2,2-3H3,(H,22,23). The molecule has 0 atom stereocenters. The van der Waals surface area contributed by atoms with E-state index in [4.69, 9.17) is 17.3 Å². The van der Waals surface area contributed by atoms with Crippen LogP contribution in [0, 0.1) is 0 Å². The molecule has 0 aliphatic rings. The highest BCUT2D eigenvalue weighted by molar-refractivity contribution is 7.80. The monoisotopic (exact) mass is 336 g/mol. The van der Waals surface area contributed by atoms with Crippen molar-refractivity contribution in [1.82, 2.24) is 0 Å². The third-order valence-corrected chi connectivity index (χ3v) is 4.26. The maximum Gasteiger partial charge on any atom is 0.335 e. The molecule has 2 rings (SSSR count). The summed E-state index contributed by atoms with van der Waals surface area (Å²) in [4.78, 5) is 11.8. The van der Waals surface area contributed by atoms with Crippen molar-refractivity contribution in [3.05, 3.63) is 82.9 Å². The lowest BCUT2D eigenvalue weighted by atomic mass is 9.99. The molecule has 2 aromatic rings. The quantitative estimate of drug-likeness (QED) is 0.434. The normalized spacial score (nSPS) is 11.2. The molecule has 3 heteroatoms. The molecule has 2 nitrogen and oxygen atoms in total. The van der Waals surface area contributed by atoms with E-state index in [9.17, 15) is 4.79 Å². The van der Waals surface area contributed by atoms with Gasteiger partial charge in [0.15, 0.2) is 0 Å². The van der Waals surface area contributed by atoms with Gasteiger partial charge in [-0.25, -0.2) is 4.79 Å². The van der Waals surface area contributed by atoms with Gasteiger partial charge in [-0.05, 0) is 53.8 Å². The molecule has 0 fully saturated rings. The van der Waals surface area contributed by atoms with Gasteiger partial charge in [0.2, 0.25) is 0 Å². The van der Waals surface area contributed by atoms with Crippen molar-refractivity contribution < 1.29 is 9.90 Å². The second-order valence-corrected chi connectivity index (χ2v) is 6.33. The van der Waals surface area contributed by atoms with E-state index in [1.54, 1.807) is 12.1 Å². The van der Waals surface area contributed by atoms with E-state index in [1.165, 1.54) is 0 Å². The van der Waals surface area contributed by atoms with Crippen LogP contribution in [0.1, 0.15) is 40.9 Å². The number of benzene rings is 2. The minimum absolute atomic E-state index is 0.292. The third-order valence-electron chi connectivity index (χ3n) is 3.76. The van der Waals surface area contributed by atoms with Crippen molar-refractivity contribution in [2.75, 3.05) is 0 Å². The van der Waals surface area contributed by atoms with Gasteiger partial charge < -0.3 is 5.11 Å². The molecule has 0 amide bonds. The molecule has 0 radical (unpaired) electrons. The van der Waals surface area contributed by atoms with Gasteiger partial charge in [0.05, 0.1) is 5.56 Å². The molecule has 122 valence electrons. The average molecular weight is 336 g/mol. The number of carboxylic acids is 1. The second kappa shape index (κ2) is 7.84. The summed E-state index contributed by atoms with van der Waals surface area (Å²) in [5.41, 5.74) is 5.59. The fourth-order valence-electron chi connectivity index (χ4n) is 2.32. The molecule has 2 aromatic carbocycles. The van der Waals surface area contributed by atoms with E-state index in [1.807, 2.05) is 38.1 Å². The molecule has 0 aliphatic carbocycles. The highest BCUT2D eigenvalue weighted by Gasteiger charge is 2.04.